The van der Waals surface area contributed by atoms with E-state index >= 15 is 0 Å². The second kappa shape index (κ2) is 7.90. The van der Waals surface area contributed by atoms with Crippen LogP contribution in [0.1, 0.15) is 0 Å². The lowest BCUT2D eigenvalue weighted by Crippen LogP contribution is -2.44. The number of nitrogens with one attached hydrogen (secondary N) is 1. The van der Waals surface area contributed by atoms with Gasteiger partial charge in [-0.1, -0.05) is 12.1 Å². The summed E-state index contributed by atoms with van der Waals surface area (Å²) in [4.78, 5) is 8.55. The fourth-order valence-electron chi connectivity index (χ4n) is 3.25. The van der Waals surface area contributed by atoms with Crippen LogP contribution < -0.4 is 15.0 Å². The van der Waals surface area contributed by atoms with Gasteiger partial charge in [0.25, 0.3) is 6.01 Å². The molecular weight excluding hydrogens is 359 g/mol. The number of ether oxygens (including phenoxy) is 1. The molecule has 0 amide bonds. The normalized spacial score (nSPS) is 14.9. The number of rotatable bonds is 5. The second-order valence-corrected chi connectivity index (χ2v) is 6.84. The Bertz CT molecular complexity index is 951. The summed E-state index contributed by atoms with van der Waals surface area (Å²) in [5.74, 6) is 1.09. The molecule has 1 aromatic heterocycles. The molecule has 28 heavy (non-hydrogen) atoms. The van der Waals surface area contributed by atoms with E-state index in [1.165, 1.54) is 6.07 Å². The van der Waals surface area contributed by atoms with Gasteiger partial charge in [-0.3, -0.25) is 0 Å². The maximum atomic E-state index is 14.6. The van der Waals surface area contributed by atoms with E-state index in [-0.39, 0.29) is 5.82 Å². The van der Waals surface area contributed by atoms with E-state index in [0.29, 0.717) is 23.1 Å². The van der Waals surface area contributed by atoms with Crippen LogP contribution >= 0.6 is 0 Å². The summed E-state index contributed by atoms with van der Waals surface area (Å²) in [7, 11) is 3.70. The zero-order chi connectivity index (χ0) is 19.5. The summed E-state index contributed by atoms with van der Waals surface area (Å²) >= 11 is 0. The molecule has 1 fully saturated rings. The fourth-order valence-corrected chi connectivity index (χ4v) is 3.25. The van der Waals surface area contributed by atoms with E-state index in [1.807, 2.05) is 30.3 Å². The van der Waals surface area contributed by atoms with Crippen LogP contribution in [0.15, 0.2) is 53.1 Å². The van der Waals surface area contributed by atoms with E-state index in [4.69, 9.17) is 9.15 Å². The van der Waals surface area contributed by atoms with Crippen LogP contribution in [0.25, 0.3) is 11.3 Å². The van der Waals surface area contributed by atoms with Crippen LogP contribution in [0, 0.1) is 5.82 Å². The largest absolute Gasteiger partial charge is 0.497 e. The molecule has 4 rings (SSSR count). The van der Waals surface area contributed by atoms with Gasteiger partial charge < -0.3 is 24.3 Å². The van der Waals surface area contributed by atoms with Crippen LogP contribution in [-0.4, -0.2) is 50.2 Å². The molecule has 0 spiro atoms. The minimum atomic E-state index is -0.255. The van der Waals surface area contributed by atoms with Crippen LogP contribution in [0.4, 0.5) is 21.8 Å². The Hall–Kier alpha value is -3.06. The third-order valence-electron chi connectivity index (χ3n) is 4.90. The maximum absolute atomic E-state index is 14.6. The summed E-state index contributed by atoms with van der Waals surface area (Å²) in [6.45, 7) is 3.51. The van der Waals surface area contributed by atoms with Crippen molar-refractivity contribution in [3.05, 3.63) is 54.5 Å². The number of methoxy groups -OCH3 is 1. The second-order valence-electron chi connectivity index (χ2n) is 6.84. The fraction of sp³-hybridized carbons (Fsp3) is 0.286. The van der Waals surface area contributed by atoms with Crippen molar-refractivity contribution in [2.45, 2.75) is 0 Å². The third-order valence-corrected chi connectivity index (χ3v) is 4.90. The standard InChI is InChI=1S/C21H23FN4O2/c1-25-8-10-26(11-9-25)19-7-6-16(13-18(19)22)24-21-23-14-20(28-21)15-4-3-5-17(12-15)27-2/h3-7,12-14H,8-11H2,1-2H3,(H,23,24). The van der Waals surface area contributed by atoms with Gasteiger partial charge in [0.2, 0.25) is 0 Å². The molecule has 0 atom stereocenters. The molecule has 7 heteroatoms. The number of benzene rings is 2. The molecule has 0 radical (unpaired) electrons. The van der Waals surface area contributed by atoms with E-state index in [2.05, 4.69) is 27.1 Å². The van der Waals surface area contributed by atoms with Gasteiger partial charge in [-0.2, -0.15) is 0 Å². The Balaban J connectivity index is 1.47. The zero-order valence-corrected chi connectivity index (χ0v) is 16.0. The lowest BCUT2D eigenvalue weighted by atomic mass is 10.2. The molecular formula is C21H23FN4O2. The number of likely N-dealkylation sites (N-methyl/N-ethyl adjacent to an activating group) is 1. The molecule has 146 valence electrons. The monoisotopic (exact) mass is 382 g/mol. The van der Waals surface area contributed by atoms with Crippen molar-refractivity contribution in [2.24, 2.45) is 0 Å². The van der Waals surface area contributed by atoms with Gasteiger partial charge in [0.15, 0.2) is 5.76 Å². The summed E-state index contributed by atoms with van der Waals surface area (Å²) in [6, 6.07) is 13.0. The minimum absolute atomic E-state index is 0.255. The smallest absolute Gasteiger partial charge is 0.299 e. The zero-order valence-electron chi connectivity index (χ0n) is 16.0. The molecule has 1 aliphatic heterocycles. The minimum Gasteiger partial charge on any atom is -0.497 e. The topological polar surface area (TPSA) is 53.8 Å². The maximum Gasteiger partial charge on any atom is 0.299 e. The number of piperazine rings is 1. The first-order chi connectivity index (χ1) is 13.6. The number of hydrogen-bond donors (Lipinski definition) is 1. The number of hydrogen-bond acceptors (Lipinski definition) is 6. The van der Waals surface area contributed by atoms with Gasteiger partial charge >= 0.3 is 0 Å². The van der Waals surface area contributed by atoms with Gasteiger partial charge in [0.05, 0.1) is 19.0 Å². The van der Waals surface area contributed by atoms with Crippen LogP contribution in [-0.2, 0) is 0 Å². The highest BCUT2D eigenvalue weighted by atomic mass is 19.1. The average Bonchev–Trinajstić information content (AvgIpc) is 3.18. The first kappa shape index (κ1) is 18.3. The molecule has 1 saturated heterocycles. The van der Waals surface area contributed by atoms with Crippen molar-refractivity contribution in [2.75, 3.05) is 50.6 Å². The average molecular weight is 382 g/mol. The first-order valence-electron chi connectivity index (χ1n) is 9.23. The molecule has 0 saturated carbocycles. The number of anilines is 3. The van der Waals surface area contributed by atoms with Crippen LogP contribution in [0.3, 0.4) is 0 Å². The van der Waals surface area contributed by atoms with Crippen molar-refractivity contribution in [1.29, 1.82) is 0 Å². The number of nitrogens with zero attached hydrogens (tertiary/aromatic N) is 3. The van der Waals surface area contributed by atoms with E-state index in [1.54, 1.807) is 19.4 Å². The predicted octanol–water partition coefficient (Wildman–Crippen LogP) is 3.98. The molecule has 2 heterocycles. The van der Waals surface area contributed by atoms with E-state index in [0.717, 1.165) is 37.5 Å². The van der Waals surface area contributed by atoms with Crippen molar-refractivity contribution in [1.82, 2.24) is 9.88 Å². The Morgan fingerprint density at radius 1 is 1.11 bits per heavy atom. The van der Waals surface area contributed by atoms with Gasteiger partial charge in [-0.15, -0.1) is 0 Å². The lowest BCUT2D eigenvalue weighted by Gasteiger charge is -2.34. The number of oxazole rings is 1. The van der Waals surface area contributed by atoms with Gasteiger partial charge in [0.1, 0.15) is 11.6 Å². The molecule has 2 aromatic carbocycles. The van der Waals surface area contributed by atoms with Gasteiger partial charge in [-0.25, -0.2) is 9.37 Å². The Morgan fingerprint density at radius 3 is 2.68 bits per heavy atom. The summed E-state index contributed by atoms with van der Waals surface area (Å²) in [6.07, 6.45) is 1.63. The number of aromatic nitrogens is 1. The predicted molar refractivity (Wildman–Crippen MR) is 108 cm³/mol. The van der Waals surface area contributed by atoms with Gasteiger partial charge in [0, 0.05) is 37.4 Å². The number of halogens is 1. The lowest BCUT2D eigenvalue weighted by molar-refractivity contribution is 0.311. The molecule has 3 aromatic rings. The van der Waals surface area contributed by atoms with Crippen molar-refractivity contribution < 1.29 is 13.5 Å². The summed E-state index contributed by atoms with van der Waals surface area (Å²) in [5, 5.41) is 3.02. The van der Waals surface area contributed by atoms with Gasteiger partial charge in [-0.05, 0) is 37.4 Å². The van der Waals surface area contributed by atoms with Crippen molar-refractivity contribution in [3.63, 3.8) is 0 Å². The molecule has 1 aliphatic rings. The van der Waals surface area contributed by atoms with Crippen molar-refractivity contribution >= 4 is 17.4 Å². The Kier molecular flexibility index (Phi) is 5.16. The summed E-state index contributed by atoms with van der Waals surface area (Å²) < 4.78 is 25.6. The highest BCUT2D eigenvalue weighted by Gasteiger charge is 2.18. The van der Waals surface area contributed by atoms with Crippen molar-refractivity contribution in [3.8, 4) is 17.1 Å². The molecule has 0 bridgehead atoms. The SMILES string of the molecule is COc1cccc(-c2cnc(Nc3ccc(N4CCN(C)CC4)c(F)c3)o2)c1. The third kappa shape index (κ3) is 3.94. The first-order valence-corrected chi connectivity index (χ1v) is 9.23. The molecule has 0 aliphatic carbocycles. The quantitative estimate of drug-likeness (QED) is 0.720. The highest BCUT2D eigenvalue weighted by Crippen LogP contribution is 2.29. The Labute approximate surface area is 163 Å². The summed E-state index contributed by atoms with van der Waals surface area (Å²) in [5.41, 5.74) is 2.08. The van der Waals surface area contributed by atoms with E-state index < -0.39 is 0 Å². The van der Waals surface area contributed by atoms with E-state index in [9.17, 15) is 4.39 Å². The molecule has 6 nitrogen and oxygen atoms in total. The van der Waals surface area contributed by atoms with Crippen LogP contribution in [0.5, 0.6) is 5.75 Å². The molecule has 1 N–H and O–H groups in total. The Morgan fingerprint density at radius 2 is 1.93 bits per heavy atom. The highest BCUT2D eigenvalue weighted by molar-refractivity contribution is 5.63. The molecule has 0 unspecified atom stereocenters. The van der Waals surface area contributed by atoms with Crippen LogP contribution in [0.2, 0.25) is 0 Å².